The molecule has 0 aliphatic heterocycles. The number of anilines is 2. The Morgan fingerprint density at radius 1 is 1.38 bits per heavy atom. The molecule has 6 nitrogen and oxygen atoms in total. The summed E-state index contributed by atoms with van der Waals surface area (Å²) in [5, 5.41) is 3.88. The largest absolute Gasteiger partial charge is 0.383 e. The third-order valence-electron chi connectivity index (χ3n) is 4.17. The van der Waals surface area contributed by atoms with Crippen molar-refractivity contribution in [2.75, 3.05) is 31.3 Å². The lowest BCUT2D eigenvalue weighted by Crippen LogP contribution is -2.20. The minimum Gasteiger partial charge on any atom is -0.383 e. The minimum absolute atomic E-state index is 0.125. The average molecular weight is 368 g/mol. The molecule has 2 heterocycles. The van der Waals surface area contributed by atoms with Gasteiger partial charge in [0.1, 0.15) is 0 Å². The molecule has 0 aromatic carbocycles. The zero-order valence-electron chi connectivity index (χ0n) is 13.7. The second-order valence-electron chi connectivity index (χ2n) is 5.89. The number of ether oxygens (including phenoxy) is 1. The number of halogens is 1. The van der Waals surface area contributed by atoms with Crippen LogP contribution in [0.15, 0.2) is 12.3 Å². The summed E-state index contributed by atoms with van der Waals surface area (Å²) in [4.78, 5) is 14.4. The number of hydrogen-bond donors (Lipinski definition) is 2. The number of nitrogens with one attached hydrogen (secondary N) is 1. The second kappa shape index (κ2) is 8.09. The normalized spacial score (nSPS) is 20.9. The fraction of sp³-hybridized carbons (Fsp3) is 0.562. The van der Waals surface area contributed by atoms with E-state index in [4.69, 9.17) is 27.1 Å². The Morgan fingerprint density at radius 3 is 2.92 bits per heavy atom. The molecule has 2 unspecified atom stereocenters. The lowest BCUT2D eigenvalue weighted by molar-refractivity contribution is 0.210. The van der Waals surface area contributed by atoms with Crippen molar-refractivity contribution in [3.63, 3.8) is 0 Å². The Bertz CT molecular complexity index is 680. The van der Waals surface area contributed by atoms with Crippen LogP contribution in [0.1, 0.15) is 37.3 Å². The summed E-state index contributed by atoms with van der Waals surface area (Å²) in [5.41, 5.74) is 7.59. The van der Waals surface area contributed by atoms with E-state index in [1.165, 1.54) is 24.2 Å². The van der Waals surface area contributed by atoms with Crippen molar-refractivity contribution < 1.29 is 4.74 Å². The number of methoxy groups -OCH3 is 1. The van der Waals surface area contributed by atoms with Crippen LogP contribution < -0.4 is 11.1 Å². The first kappa shape index (κ1) is 17.4. The molecular formula is C16H22ClN5OS. The first-order valence-electron chi connectivity index (χ1n) is 8.15. The molecule has 3 N–H and O–H groups in total. The van der Waals surface area contributed by atoms with Gasteiger partial charge in [0.2, 0.25) is 5.95 Å². The van der Waals surface area contributed by atoms with Gasteiger partial charge in [-0.15, -0.1) is 11.6 Å². The number of aromatic nitrogens is 3. The molecule has 3 rings (SSSR count). The third-order valence-corrected chi connectivity index (χ3v) is 5.54. The van der Waals surface area contributed by atoms with E-state index < -0.39 is 0 Å². The first-order chi connectivity index (χ1) is 11.7. The van der Waals surface area contributed by atoms with E-state index in [0.717, 1.165) is 29.1 Å². The van der Waals surface area contributed by atoms with E-state index in [9.17, 15) is 0 Å². The molecule has 2 aromatic heterocycles. The standard InChI is InChI=1S/C16H22ClN5OS/c1-23-7-6-19-16-21-12(10-4-2-3-5-11(10)17)8-13(22-16)14-9-20-15(18)24-14/h8-11H,2-7H2,1H3,(H2,18,20)(H,19,21,22). The maximum Gasteiger partial charge on any atom is 0.223 e. The Hall–Kier alpha value is -1.44. The summed E-state index contributed by atoms with van der Waals surface area (Å²) in [6, 6.07) is 2.03. The van der Waals surface area contributed by atoms with Gasteiger partial charge in [-0.25, -0.2) is 15.0 Å². The highest BCUT2D eigenvalue weighted by Gasteiger charge is 2.27. The van der Waals surface area contributed by atoms with E-state index in [-0.39, 0.29) is 11.3 Å². The molecule has 1 saturated carbocycles. The van der Waals surface area contributed by atoms with Gasteiger partial charge < -0.3 is 15.8 Å². The van der Waals surface area contributed by atoms with Gasteiger partial charge in [0, 0.05) is 31.1 Å². The molecule has 2 atom stereocenters. The Morgan fingerprint density at radius 2 is 2.21 bits per heavy atom. The monoisotopic (exact) mass is 367 g/mol. The Labute approximate surface area is 150 Å². The maximum atomic E-state index is 6.57. The summed E-state index contributed by atoms with van der Waals surface area (Å²) < 4.78 is 5.08. The molecule has 0 saturated heterocycles. The van der Waals surface area contributed by atoms with E-state index in [1.54, 1.807) is 13.3 Å². The van der Waals surface area contributed by atoms with E-state index in [0.29, 0.717) is 24.2 Å². The molecule has 0 radical (unpaired) electrons. The summed E-state index contributed by atoms with van der Waals surface area (Å²) in [6.07, 6.45) is 6.22. The van der Waals surface area contributed by atoms with Crippen LogP contribution in [0.4, 0.5) is 11.1 Å². The number of nitrogens with two attached hydrogens (primary N) is 1. The van der Waals surface area contributed by atoms with Gasteiger partial charge in [0.05, 0.1) is 22.9 Å². The van der Waals surface area contributed by atoms with Crippen LogP contribution in [0.25, 0.3) is 10.6 Å². The highest BCUT2D eigenvalue weighted by Crippen LogP contribution is 2.37. The fourth-order valence-corrected chi connectivity index (χ4v) is 4.01. The summed E-state index contributed by atoms with van der Waals surface area (Å²) in [7, 11) is 1.67. The van der Waals surface area contributed by atoms with Gasteiger partial charge in [-0.1, -0.05) is 24.2 Å². The van der Waals surface area contributed by atoms with Crippen LogP contribution in [0, 0.1) is 0 Å². The van der Waals surface area contributed by atoms with E-state index in [2.05, 4.69) is 15.3 Å². The fourth-order valence-electron chi connectivity index (χ4n) is 2.95. The van der Waals surface area contributed by atoms with Crippen molar-refractivity contribution in [3.05, 3.63) is 18.0 Å². The van der Waals surface area contributed by atoms with Crippen molar-refractivity contribution in [2.45, 2.75) is 37.0 Å². The molecule has 0 bridgehead atoms. The molecule has 1 aliphatic carbocycles. The van der Waals surface area contributed by atoms with Crippen molar-refractivity contribution >= 4 is 34.0 Å². The molecule has 1 fully saturated rings. The lowest BCUT2D eigenvalue weighted by atomic mass is 9.86. The van der Waals surface area contributed by atoms with Gasteiger partial charge in [-0.3, -0.25) is 0 Å². The summed E-state index contributed by atoms with van der Waals surface area (Å²) in [5.74, 6) is 0.858. The molecular weight excluding hydrogens is 346 g/mol. The molecule has 24 heavy (non-hydrogen) atoms. The Balaban J connectivity index is 1.92. The predicted molar refractivity (Wildman–Crippen MR) is 98.8 cm³/mol. The topological polar surface area (TPSA) is 86.0 Å². The van der Waals surface area contributed by atoms with Crippen LogP contribution >= 0.6 is 22.9 Å². The van der Waals surface area contributed by atoms with Crippen LogP contribution in [-0.2, 0) is 4.74 Å². The quantitative estimate of drug-likeness (QED) is 0.600. The van der Waals surface area contributed by atoms with E-state index >= 15 is 0 Å². The van der Waals surface area contributed by atoms with Crippen LogP contribution in [0.3, 0.4) is 0 Å². The van der Waals surface area contributed by atoms with Gasteiger partial charge in [0.25, 0.3) is 0 Å². The maximum absolute atomic E-state index is 6.57. The third kappa shape index (κ3) is 4.15. The minimum atomic E-state index is 0.125. The van der Waals surface area contributed by atoms with Crippen molar-refractivity contribution in [3.8, 4) is 10.6 Å². The van der Waals surface area contributed by atoms with Crippen LogP contribution in [0.5, 0.6) is 0 Å². The SMILES string of the molecule is COCCNc1nc(-c2cnc(N)s2)cc(C2CCCCC2Cl)n1. The summed E-state index contributed by atoms with van der Waals surface area (Å²) in [6.45, 7) is 1.25. The second-order valence-corrected chi connectivity index (χ2v) is 7.51. The van der Waals surface area contributed by atoms with Gasteiger partial charge >= 0.3 is 0 Å². The van der Waals surface area contributed by atoms with Crippen molar-refractivity contribution in [1.29, 1.82) is 0 Å². The number of nitrogen functional groups attached to an aromatic ring is 1. The lowest BCUT2D eigenvalue weighted by Gasteiger charge is -2.27. The molecule has 0 amide bonds. The van der Waals surface area contributed by atoms with Crippen LogP contribution in [-0.4, -0.2) is 40.6 Å². The molecule has 0 spiro atoms. The highest BCUT2D eigenvalue weighted by atomic mass is 35.5. The number of thiazole rings is 1. The van der Waals surface area contributed by atoms with Gasteiger partial charge in [0.15, 0.2) is 5.13 Å². The van der Waals surface area contributed by atoms with Crippen molar-refractivity contribution in [1.82, 2.24) is 15.0 Å². The number of nitrogens with zero attached hydrogens (tertiary/aromatic N) is 3. The average Bonchev–Trinajstić information content (AvgIpc) is 3.02. The van der Waals surface area contributed by atoms with Gasteiger partial charge in [-0.05, 0) is 18.9 Å². The molecule has 2 aromatic rings. The van der Waals surface area contributed by atoms with E-state index in [1.807, 2.05) is 6.07 Å². The number of hydrogen-bond acceptors (Lipinski definition) is 7. The number of rotatable bonds is 6. The summed E-state index contributed by atoms with van der Waals surface area (Å²) >= 11 is 7.99. The predicted octanol–water partition coefficient (Wildman–Crippen LogP) is 3.51. The van der Waals surface area contributed by atoms with Crippen molar-refractivity contribution in [2.24, 2.45) is 0 Å². The van der Waals surface area contributed by atoms with Gasteiger partial charge in [-0.2, -0.15) is 0 Å². The highest BCUT2D eigenvalue weighted by molar-refractivity contribution is 7.18. The zero-order valence-corrected chi connectivity index (χ0v) is 15.2. The Kier molecular flexibility index (Phi) is 5.86. The molecule has 130 valence electrons. The smallest absolute Gasteiger partial charge is 0.223 e. The molecule has 1 aliphatic rings. The van der Waals surface area contributed by atoms with Crippen LogP contribution in [0.2, 0.25) is 0 Å². The first-order valence-corrected chi connectivity index (χ1v) is 9.40. The zero-order chi connectivity index (χ0) is 16.9. The molecule has 8 heteroatoms. The number of alkyl halides is 1.